The first-order valence-electron chi connectivity index (χ1n) is 5.16. The van der Waals surface area contributed by atoms with Gasteiger partial charge in [-0.15, -0.1) is 0 Å². The first-order valence-corrected chi connectivity index (χ1v) is 5.54. The second-order valence-electron chi connectivity index (χ2n) is 3.44. The Morgan fingerprint density at radius 2 is 2.25 bits per heavy atom. The Bertz CT molecular complexity index is 470. The quantitative estimate of drug-likeness (QED) is 0.780. The first kappa shape index (κ1) is 11.4. The summed E-state index contributed by atoms with van der Waals surface area (Å²) >= 11 is 5.85. The van der Waals surface area contributed by atoms with Gasteiger partial charge in [-0.25, -0.2) is 4.98 Å². The molecule has 5 heteroatoms. The Morgan fingerprint density at radius 3 is 3.06 bits per heavy atom. The van der Waals surface area contributed by atoms with E-state index in [4.69, 9.17) is 21.1 Å². The highest BCUT2D eigenvalue weighted by atomic mass is 35.5. The molecule has 4 nitrogen and oxygen atoms in total. The number of aliphatic hydroxyl groups is 1. The number of hydrogen-bond acceptors (Lipinski definition) is 4. The summed E-state index contributed by atoms with van der Waals surface area (Å²) in [6.45, 7) is 1.47. The van der Waals surface area contributed by atoms with E-state index >= 15 is 0 Å². The number of fused-ring (bicyclic) bond motifs is 1. The number of nitrogens with zero attached hydrogens (tertiary/aromatic N) is 1. The maximum absolute atomic E-state index is 8.59. The summed E-state index contributed by atoms with van der Waals surface area (Å²) in [6.07, 6.45) is 0.701. The largest absolute Gasteiger partial charge is 0.441 e. The lowest BCUT2D eigenvalue weighted by molar-refractivity contribution is 0.292. The van der Waals surface area contributed by atoms with Gasteiger partial charge < -0.3 is 14.8 Å². The molecule has 0 saturated heterocycles. The predicted molar refractivity (Wildman–Crippen MR) is 62.7 cm³/mol. The van der Waals surface area contributed by atoms with E-state index < -0.39 is 0 Å². The highest BCUT2D eigenvalue weighted by Gasteiger charge is 2.05. The third-order valence-electron chi connectivity index (χ3n) is 2.20. The van der Waals surface area contributed by atoms with Crippen molar-refractivity contribution in [1.82, 2.24) is 10.3 Å². The van der Waals surface area contributed by atoms with Gasteiger partial charge in [0, 0.05) is 24.5 Å². The van der Waals surface area contributed by atoms with Gasteiger partial charge in [-0.1, -0.05) is 11.6 Å². The van der Waals surface area contributed by atoms with E-state index in [1.807, 2.05) is 6.07 Å². The van der Waals surface area contributed by atoms with Gasteiger partial charge in [0.1, 0.15) is 5.52 Å². The number of nitrogens with one attached hydrogen (secondary N) is 1. The molecule has 1 aromatic heterocycles. The minimum Gasteiger partial charge on any atom is -0.441 e. The van der Waals surface area contributed by atoms with Crippen LogP contribution in [0.15, 0.2) is 22.6 Å². The summed E-state index contributed by atoms with van der Waals surface area (Å²) in [7, 11) is 0. The number of aromatic nitrogens is 1. The highest BCUT2D eigenvalue weighted by Crippen LogP contribution is 2.19. The smallest absolute Gasteiger partial charge is 0.196 e. The molecule has 0 bridgehead atoms. The third-order valence-corrected chi connectivity index (χ3v) is 2.43. The van der Waals surface area contributed by atoms with Crippen molar-refractivity contribution in [3.05, 3.63) is 29.1 Å². The normalized spacial score (nSPS) is 11.1. The average molecular weight is 241 g/mol. The Labute approximate surface area is 98.2 Å². The molecule has 0 fully saturated rings. The van der Waals surface area contributed by atoms with Gasteiger partial charge in [-0.2, -0.15) is 0 Å². The average Bonchev–Trinajstić information content (AvgIpc) is 2.66. The molecule has 86 valence electrons. The third kappa shape index (κ3) is 2.72. The van der Waals surface area contributed by atoms with Crippen LogP contribution in [0.4, 0.5) is 0 Å². The molecule has 2 N–H and O–H groups in total. The van der Waals surface area contributed by atoms with Crippen LogP contribution in [0.1, 0.15) is 5.89 Å². The zero-order chi connectivity index (χ0) is 11.4. The van der Waals surface area contributed by atoms with Gasteiger partial charge >= 0.3 is 0 Å². The molecule has 0 spiro atoms. The zero-order valence-electron chi connectivity index (χ0n) is 8.74. The van der Waals surface area contributed by atoms with Crippen LogP contribution >= 0.6 is 11.6 Å². The number of oxazole rings is 1. The number of rotatable bonds is 5. The highest BCUT2D eigenvalue weighted by molar-refractivity contribution is 6.31. The fourth-order valence-corrected chi connectivity index (χ4v) is 1.62. The van der Waals surface area contributed by atoms with Crippen LogP contribution in [0.3, 0.4) is 0 Å². The molecule has 2 aromatic rings. The molecule has 2 rings (SSSR count). The fraction of sp³-hybridized carbons (Fsp3) is 0.364. The second kappa shape index (κ2) is 5.30. The van der Waals surface area contributed by atoms with E-state index in [1.165, 1.54) is 0 Å². The van der Waals surface area contributed by atoms with Gasteiger partial charge in [-0.3, -0.25) is 0 Å². The van der Waals surface area contributed by atoms with E-state index in [-0.39, 0.29) is 6.61 Å². The monoisotopic (exact) mass is 240 g/mol. The predicted octanol–water partition coefficient (Wildman–Crippen LogP) is 1.61. The second-order valence-corrected chi connectivity index (χ2v) is 3.88. The van der Waals surface area contributed by atoms with E-state index in [2.05, 4.69) is 10.3 Å². The maximum Gasteiger partial charge on any atom is 0.196 e. The van der Waals surface area contributed by atoms with Gasteiger partial charge in [-0.05, 0) is 18.2 Å². The Hall–Kier alpha value is -1.10. The fourth-order valence-electron chi connectivity index (χ4n) is 1.45. The van der Waals surface area contributed by atoms with Gasteiger partial charge in [0.2, 0.25) is 0 Å². The summed E-state index contributed by atoms with van der Waals surface area (Å²) in [4.78, 5) is 4.32. The van der Waals surface area contributed by atoms with E-state index in [9.17, 15) is 0 Å². The maximum atomic E-state index is 8.59. The summed E-state index contributed by atoms with van der Waals surface area (Å²) in [5, 5.41) is 12.3. The van der Waals surface area contributed by atoms with Crippen molar-refractivity contribution in [2.24, 2.45) is 0 Å². The van der Waals surface area contributed by atoms with Crippen molar-refractivity contribution >= 4 is 22.7 Å². The van der Waals surface area contributed by atoms with Crippen LogP contribution in [-0.4, -0.2) is 29.8 Å². The minimum atomic E-state index is 0.142. The summed E-state index contributed by atoms with van der Waals surface area (Å²) in [6, 6.07) is 5.38. The lowest BCUT2D eigenvalue weighted by Crippen LogP contribution is -2.20. The summed E-state index contributed by atoms with van der Waals surface area (Å²) < 4.78 is 5.53. The SMILES string of the molecule is OCCNCCc1nc2cc(Cl)ccc2o1. The molecule has 0 unspecified atom stereocenters. The van der Waals surface area contributed by atoms with Crippen molar-refractivity contribution in [2.75, 3.05) is 19.7 Å². The summed E-state index contributed by atoms with van der Waals surface area (Å²) in [5.74, 6) is 0.683. The molecular formula is C11H13ClN2O2. The molecule has 0 aliphatic heterocycles. The van der Waals surface area contributed by atoms with E-state index in [0.29, 0.717) is 23.9 Å². The van der Waals surface area contributed by atoms with Crippen LogP contribution in [0.25, 0.3) is 11.1 Å². The molecule has 16 heavy (non-hydrogen) atoms. The standard InChI is InChI=1S/C11H13ClN2O2/c12-8-1-2-10-9(7-8)14-11(16-10)3-4-13-5-6-15/h1-2,7,13,15H,3-6H2. The van der Waals surface area contributed by atoms with Gasteiger partial charge in [0.25, 0.3) is 0 Å². The summed E-state index contributed by atoms with van der Waals surface area (Å²) in [5.41, 5.74) is 1.53. The molecular weight excluding hydrogens is 228 g/mol. The first-order chi connectivity index (χ1) is 7.79. The van der Waals surface area contributed by atoms with Crippen molar-refractivity contribution in [1.29, 1.82) is 0 Å². The Balaban J connectivity index is 2.02. The van der Waals surface area contributed by atoms with Crippen molar-refractivity contribution in [3.63, 3.8) is 0 Å². The van der Waals surface area contributed by atoms with Crippen molar-refractivity contribution in [2.45, 2.75) is 6.42 Å². The molecule has 0 radical (unpaired) electrons. The molecule has 0 aliphatic rings. The molecule has 0 amide bonds. The molecule has 0 aliphatic carbocycles. The van der Waals surface area contributed by atoms with Crippen LogP contribution in [0.5, 0.6) is 0 Å². The molecule has 0 atom stereocenters. The molecule has 1 heterocycles. The molecule has 0 saturated carbocycles. The number of aliphatic hydroxyl groups excluding tert-OH is 1. The van der Waals surface area contributed by atoms with Gasteiger partial charge in [0.15, 0.2) is 11.5 Å². The van der Waals surface area contributed by atoms with Gasteiger partial charge in [0.05, 0.1) is 6.61 Å². The van der Waals surface area contributed by atoms with Crippen LogP contribution < -0.4 is 5.32 Å². The minimum absolute atomic E-state index is 0.142. The molecule has 1 aromatic carbocycles. The van der Waals surface area contributed by atoms with E-state index in [1.54, 1.807) is 12.1 Å². The number of benzene rings is 1. The van der Waals surface area contributed by atoms with Crippen molar-refractivity contribution < 1.29 is 9.52 Å². The number of halogens is 1. The topological polar surface area (TPSA) is 58.3 Å². The van der Waals surface area contributed by atoms with E-state index in [0.717, 1.165) is 17.6 Å². The van der Waals surface area contributed by atoms with Crippen LogP contribution in [0.2, 0.25) is 5.02 Å². The van der Waals surface area contributed by atoms with Crippen molar-refractivity contribution in [3.8, 4) is 0 Å². The van der Waals surface area contributed by atoms with Crippen LogP contribution in [-0.2, 0) is 6.42 Å². The number of hydrogen-bond donors (Lipinski definition) is 2. The van der Waals surface area contributed by atoms with Crippen LogP contribution in [0, 0.1) is 0 Å². The lowest BCUT2D eigenvalue weighted by Gasteiger charge is -1.98. The lowest BCUT2D eigenvalue weighted by atomic mass is 10.3. The Morgan fingerprint density at radius 1 is 1.38 bits per heavy atom. The zero-order valence-corrected chi connectivity index (χ0v) is 9.50. The Kier molecular flexibility index (Phi) is 3.77.